The second-order valence-electron chi connectivity index (χ2n) is 28.8. The maximum absolute atomic E-state index is 13.7. The van der Waals surface area contributed by atoms with E-state index in [-0.39, 0.29) is 53.8 Å². The van der Waals surface area contributed by atoms with Gasteiger partial charge in [-0.3, -0.25) is 23.6 Å². The number of benzene rings is 4. The van der Waals surface area contributed by atoms with Gasteiger partial charge in [0.25, 0.3) is 10.1 Å². The molecule has 8 heterocycles. The number of nitrogens with zero attached hydrogens (tertiary/aromatic N) is 12. The van der Waals surface area contributed by atoms with Crippen LogP contribution in [-0.2, 0) is 37.6 Å². The van der Waals surface area contributed by atoms with Crippen LogP contribution in [0.5, 0.6) is 11.5 Å². The Morgan fingerprint density at radius 2 is 0.970 bits per heavy atom. The Hall–Kier alpha value is -9.52. The van der Waals surface area contributed by atoms with Gasteiger partial charge in [0.1, 0.15) is 35.3 Å². The molecule has 0 spiro atoms. The average Bonchev–Trinajstić information content (AvgIpc) is 1.46. The normalized spacial score (nSPS) is 19.5. The van der Waals surface area contributed by atoms with Gasteiger partial charge in [-0.25, -0.2) is 19.0 Å². The van der Waals surface area contributed by atoms with Crippen LogP contribution in [0.4, 0.5) is 33.1 Å². The van der Waals surface area contributed by atoms with Crippen molar-refractivity contribution in [2.24, 2.45) is 0 Å². The lowest BCUT2D eigenvalue weighted by Gasteiger charge is -2.33. The number of rotatable bonds is 16. The quantitative estimate of drug-likeness (QED) is 0.0519. The fourth-order valence-corrected chi connectivity index (χ4v) is 14.3. The van der Waals surface area contributed by atoms with Crippen LogP contribution < -0.4 is 40.5 Å². The molecule has 6 aromatic heterocycles. The van der Waals surface area contributed by atoms with E-state index in [9.17, 15) is 18.0 Å². The van der Waals surface area contributed by atoms with Crippen molar-refractivity contribution in [1.82, 2.24) is 59.4 Å². The zero-order valence-electron chi connectivity index (χ0n) is 58.2. The minimum Gasteiger partial charge on any atom is -0.484 e. The Kier molecular flexibility index (Phi) is 20.0. The molecule has 6 atom stereocenters. The summed E-state index contributed by atoms with van der Waals surface area (Å²) in [4.78, 5) is 31.9. The van der Waals surface area contributed by atoms with E-state index >= 15 is 0 Å². The van der Waals surface area contributed by atoms with Gasteiger partial charge in [0.05, 0.1) is 60.1 Å². The Labute approximate surface area is 589 Å². The number of hydrogen-bond donors (Lipinski definition) is 4. The van der Waals surface area contributed by atoms with E-state index in [1.165, 1.54) is 12.8 Å². The van der Waals surface area contributed by atoms with E-state index in [1.54, 1.807) is 27.6 Å². The van der Waals surface area contributed by atoms with Gasteiger partial charge in [-0.15, -0.1) is 32.0 Å². The van der Waals surface area contributed by atoms with E-state index in [1.807, 2.05) is 118 Å². The molecule has 100 heavy (non-hydrogen) atoms. The predicted molar refractivity (Wildman–Crippen MR) is 389 cm³/mol. The highest BCUT2D eigenvalue weighted by Gasteiger charge is 2.34. The van der Waals surface area contributed by atoms with Crippen molar-refractivity contribution in [2.45, 2.75) is 179 Å². The van der Waals surface area contributed by atoms with E-state index in [4.69, 9.17) is 35.5 Å². The molecule has 2 aliphatic carbocycles. The molecule has 0 unspecified atom stereocenters. The van der Waals surface area contributed by atoms with E-state index in [2.05, 4.69) is 125 Å². The van der Waals surface area contributed by atoms with Crippen LogP contribution in [0.2, 0.25) is 0 Å². The monoisotopic (exact) mass is 1390 g/mol. The maximum atomic E-state index is 13.7. The Bertz CT molecular complexity index is 4710. The number of pyridine rings is 2. The van der Waals surface area contributed by atoms with Gasteiger partial charge in [-0.05, 0) is 160 Å². The van der Waals surface area contributed by atoms with Crippen molar-refractivity contribution in [1.29, 1.82) is 0 Å². The molecule has 524 valence electrons. The van der Waals surface area contributed by atoms with Gasteiger partial charge < -0.3 is 29.9 Å². The lowest BCUT2D eigenvalue weighted by molar-refractivity contribution is 0.171. The molecule has 23 nitrogen and oxygen atoms in total. The fraction of sp³-hybridized carbons (Fsp3) is 0.413. The largest absolute Gasteiger partial charge is 0.484 e. The highest BCUT2D eigenvalue weighted by Crippen LogP contribution is 2.42. The molecule has 0 radical (unpaired) electrons. The van der Waals surface area contributed by atoms with Gasteiger partial charge in [0.2, 0.25) is 11.9 Å². The van der Waals surface area contributed by atoms with Crippen LogP contribution in [-0.4, -0.2) is 101 Å². The number of urea groups is 2. The van der Waals surface area contributed by atoms with Crippen LogP contribution in [0.1, 0.15) is 189 Å². The summed E-state index contributed by atoms with van der Waals surface area (Å²) in [5, 5.41) is 40.1. The molecular formula is C75H89ClN16O7S. The molecule has 4 aliphatic rings. The molecule has 0 bridgehead atoms. The minimum absolute atomic E-state index is 0.108. The summed E-state index contributed by atoms with van der Waals surface area (Å²) in [6.07, 6.45) is 14.6. The summed E-state index contributed by atoms with van der Waals surface area (Å²) in [5.74, 6) is 4.68. The molecule has 10 aromatic rings. The first-order chi connectivity index (χ1) is 48.0. The van der Waals surface area contributed by atoms with E-state index in [0.29, 0.717) is 53.7 Å². The van der Waals surface area contributed by atoms with Crippen LogP contribution >= 0.6 is 11.6 Å². The molecule has 4 amide bonds. The number of ether oxygens (including phenoxy) is 2. The number of piperidine rings is 2. The predicted octanol–water partition coefficient (Wildman–Crippen LogP) is 15.0. The molecule has 2 aliphatic heterocycles. The highest BCUT2D eigenvalue weighted by atomic mass is 35.5. The SMILES string of the molecule is C[C@H]1CCCCN1c1nnc2ccc(O[C@@H]3CC[C@H](NC(=O)Nc4cc(C(C)(C)C)nn4-c4cccc(CCl)c4)c4ccccc43)cn12.C[C@H]1CCCCN1c1nnc2ccc(O[C@@H]3CC[C@H](NC(=O)Nc4cc(C(C)(C)C)nn4-c4cccc(COS(C)(=O)=O)c4)c4ccccc43)cn12. The Morgan fingerprint density at radius 3 is 1.40 bits per heavy atom. The summed E-state index contributed by atoms with van der Waals surface area (Å²) in [5.41, 5.74) is 10.0. The molecule has 2 saturated heterocycles. The number of fused-ring (bicyclic) bond motifs is 4. The van der Waals surface area contributed by atoms with Crippen molar-refractivity contribution >= 4 is 68.6 Å². The number of carbonyl (C=O) groups excluding carboxylic acids is 2. The molecule has 25 heteroatoms. The summed E-state index contributed by atoms with van der Waals surface area (Å²) < 4.78 is 49.0. The average molecular weight is 1390 g/mol. The number of carbonyl (C=O) groups is 2. The lowest BCUT2D eigenvalue weighted by atomic mass is 9.85. The molecule has 14 rings (SSSR count). The summed E-state index contributed by atoms with van der Waals surface area (Å²) in [6.45, 7) is 18.8. The molecule has 4 N–H and O–H groups in total. The number of anilines is 4. The number of nitrogens with one attached hydrogen (secondary N) is 4. The first-order valence-corrected chi connectivity index (χ1v) is 37.0. The van der Waals surface area contributed by atoms with Gasteiger partial charge in [-0.2, -0.15) is 18.6 Å². The fourth-order valence-electron chi connectivity index (χ4n) is 13.8. The number of alkyl halides is 1. The number of amides is 4. The van der Waals surface area contributed by atoms with E-state index < -0.39 is 10.1 Å². The third-order valence-corrected chi connectivity index (χ3v) is 20.1. The van der Waals surface area contributed by atoms with Crippen molar-refractivity contribution < 1.29 is 31.7 Å². The lowest BCUT2D eigenvalue weighted by Crippen LogP contribution is -2.38. The molecule has 2 fully saturated rings. The Balaban J connectivity index is 0.000000180. The molecule has 4 aromatic carbocycles. The smallest absolute Gasteiger partial charge is 0.320 e. The highest BCUT2D eigenvalue weighted by molar-refractivity contribution is 7.85. The minimum atomic E-state index is -3.61. The van der Waals surface area contributed by atoms with Gasteiger partial charge in [0, 0.05) is 54.0 Å². The summed E-state index contributed by atoms with van der Waals surface area (Å²) in [7, 11) is -3.61. The summed E-state index contributed by atoms with van der Waals surface area (Å²) in [6, 6.07) is 42.8. The second-order valence-corrected chi connectivity index (χ2v) is 30.7. The van der Waals surface area contributed by atoms with Crippen LogP contribution in [0.15, 0.2) is 146 Å². The molecule has 0 saturated carbocycles. The van der Waals surface area contributed by atoms with Crippen LogP contribution in [0.25, 0.3) is 22.7 Å². The number of halogens is 1. The summed E-state index contributed by atoms with van der Waals surface area (Å²) >= 11 is 6.13. The van der Waals surface area contributed by atoms with Crippen molar-refractivity contribution in [3.8, 4) is 22.9 Å². The first-order valence-electron chi connectivity index (χ1n) is 34.7. The van der Waals surface area contributed by atoms with Gasteiger partial charge in [0.15, 0.2) is 11.3 Å². The maximum Gasteiger partial charge on any atom is 0.320 e. The third-order valence-electron chi connectivity index (χ3n) is 19.2. The Morgan fingerprint density at radius 1 is 0.530 bits per heavy atom. The van der Waals surface area contributed by atoms with Gasteiger partial charge >= 0.3 is 12.1 Å². The van der Waals surface area contributed by atoms with Crippen molar-refractivity contribution in [3.63, 3.8) is 0 Å². The first kappa shape index (κ1) is 69.0. The van der Waals surface area contributed by atoms with E-state index in [0.717, 1.165) is 137 Å². The van der Waals surface area contributed by atoms with Crippen molar-refractivity contribution in [2.75, 3.05) is 39.8 Å². The standard InChI is InChI=1S/C38H46N8O5S.C37H43ClN8O2/c1-25-11-8-9-20-44(25)37-42-41-34-19-16-28(23-45(34)37)51-32-18-17-31(29-14-6-7-15-30(29)32)39-36(47)40-35-22-33(38(2,3)4)43-46(35)27-13-10-12-26(21-27)24-50-52(5,48)49;1-24-10-7-8-19-44(24)36-42-41-33-18-15-27(23-45(33)36)48-31-17-16-30(28-13-5-6-14-29(28)31)39-35(47)40-34-21-32(37(2,3)4)43-46(34)26-12-9-11-25(20-26)22-38/h6-7,10,12-16,19,21-23,25,31-32H,8-9,11,17-18,20,24H2,1-5H3,(H2,39,40,47);5-6,9,11-15,18,20-21,23-24,30-31H,7-8,10,16-17,19,22H2,1-4H3,(H2,39,40,47)/t25-,31-,32+;24-,30-,31+/m00/s1. The second kappa shape index (κ2) is 29.0. The van der Waals surface area contributed by atoms with Crippen LogP contribution in [0, 0.1) is 0 Å². The van der Waals surface area contributed by atoms with Gasteiger partial charge in [-0.1, -0.05) is 114 Å². The molecular weight excluding hydrogens is 1300 g/mol. The van der Waals surface area contributed by atoms with Crippen LogP contribution in [0.3, 0.4) is 0 Å². The third kappa shape index (κ3) is 15.6. The number of aromatic nitrogens is 10. The topological polar surface area (TPSA) is 247 Å². The van der Waals surface area contributed by atoms with Crippen molar-refractivity contribution in [3.05, 3.63) is 191 Å². The number of hydrogen-bond acceptors (Lipinski definition) is 15. The zero-order chi connectivity index (χ0) is 70.0. The zero-order valence-corrected chi connectivity index (χ0v) is 59.8.